The molecule has 0 fully saturated rings. The first kappa shape index (κ1) is 14.3. The van der Waals surface area contributed by atoms with Gasteiger partial charge in [0.15, 0.2) is 5.69 Å². The molecule has 104 valence electrons. The summed E-state index contributed by atoms with van der Waals surface area (Å²) in [5.41, 5.74) is 0.976. The van der Waals surface area contributed by atoms with Crippen LogP contribution in [0.15, 0.2) is 36.5 Å². The third-order valence-electron chi connectivity index (χ3n) is 3.09. The lowest BCUT2D eigenvalue weighted by molar-refractivity contribution is 0.0690. The van der Waals surface area contributed by atoms with Crippen molar-refractivity contribution in [1.82, 2.24) is 9.97 Å². The van der Waals surface area contributed by atoms with Crippen LogP contribution in [0.1, 0.15) is 29.0 Å². The van der Waals surface area contributed by atoms with Gasteiger partial charge in [0.2, 0.25) is 5.95 Å². The maximum Gasteiger partial charge on any atom is 0.354 e. The first-order valence-corrected chi connectivity index (χ1v) is 6.41. The van der Waals surface area contributed by atoms with E-state index in [1.807, 2.05) is 32.2 Å². The van der Waals surface area contributed by atoms with E-state index in [2.05, 4.69) is 9.97 Å². The summed E-state index contributed by atoms with van der Waals surface area (Å²) in [5, 5.41) is 9.61. The molecule has 0 aliphatic heterocycles. The SMILES string of the molecule is CC(c1cccc(Cl)c1)N(C)c1nccc(C(=O)O)n1. The number of anilines is 1. The van der Waals surface area contributed by atoms with E-state index in [4.69, 9.17) is 16.7 Å². The van der Waals surface area contributed by atoms with Crippen LogP contribution in [0.5, 0.6) is 0 Å². The average molecular weight is 292 g/mol. The van der Waals surface area contributed by atoms with Crippen LogP contribution in [0, 0.1) is 0 Å². The number of nitrogens with zero attached hydrogens (tertiary/aromatic N) is 3. The molecule has 0 amide bonds. The number of benzene rings is 1. The number of hydrogen-bond acceptors (Lipinski definition) is 4. The fourth-order valence-electron chi connectivity index (χ4n) is 1.80. The standard InChI is InChI=1S/C14H14ClN3O2/c1-9(10-4-3-5-11(15)8-10)18(2)14-16-7-6-12(17-14)13(19)20/h3-9H,1-2H3,(H,19,20). The molecule has 2 aromatic rings. The number of rotatable bonds is 4. The Bertz CT molecular complexity index is 633. The van der Waals surface area contributed by atoms with E-state index in [1.54, 1.807) is 11.0 Å². The number of carbonyl (C=O) groups is 1. The second-order valence-electron chi connectivity index (χ2n) is 4.39. The van der Waals surface area contributed by atoms with Gasteiger partial charge in [0.05, 0.1) is 6.04 Å². The Morgan fingerprint density at radius 1 is 1.40 bits per heavy atom. The minimum atomic E-state index is -1.07. The topological polar surface area (TPSA) is 66.3 Å². The van der Waals surface area contributed by atoms with Gasteiger partial charge in [0.25, 0.3) is 0 Å². The Kier molecular flexibility index (Phi) is 4.20. The Morgan fingerprint density at radius 3 is 2.80 bits per heavy atom. The van der Waals surface area contributed by atoms with E-state index >= 15 is 0 Å². The lowest BCUT2D eigenvalue weighted by Crippen LogP contribution is -2.24. The molecule has 1 aromatic heterocycles. The number of carboxylic acid groups (broad SMARTS) is 1. The van der Waals surface area contributed by atoms with E-state index in [9.17, 15) is 4.79 Å². The summed E-state index contributed by atoms with van der Waals surface area (Å²) in [6.45, 7) is 1.97. The fourth-order valence-corrected chi connectivity index (χ4v) is 2.00. The highest BCUT2D eigenvalue weighted by Crippen LogP contribution is 2.24. The summed E-state index contributed by atoms with van der Waals surface area (Å²) in [4.78, 5) is 20.9. The van der Waals surface area contributed by atoms with Gasteiger partial charge >= 0.3 is 5.97 Å². The van der Waals surface area contributed by atoms with E-state index in [1.165, 1.54) is 12.3 Å². The van der Waals surface area contributed by atoms with E-state index in [0.717, 1.165) is 5.56 Å². The molecular weight excluding hydrogens is 278 g/mol. The van der Waals surface area contributed by atoms with Crippen LogP contribution < -0.4 is 4.90 Å². The highest BCUT2D eigenvalue weighted by Gasteiger charge is 2.16. The molecule has 1 aromatic carbocycles. The molecule has 1 unspecified atom stereocenters. The van der Waals surface area contributed by atoms with Gasteiger partial charge in [0.1, 0.15) is 0 Å². The molecule has 1 heterocycles. The van der Waals surface area contributed by atoms with Crippen molar-refractivity contribution in [3.63, 3.8) is 0 Å². The van der Waals surface area contributed by atoms with E-state index in [-0.39, 0.29) is 11.7 Å². The number of aromatic nitrogens is 2. The van der Waals surface area contributed by atoms with Gasteiger partial charge in [-0.15, -0.1) is 0 Å². The Balaban J connectivity index is 2.28. The average Bonchev–Trinajstić information content (AvgIpc) is 2.45. The lowest BCUT2D eigenvalue weighted by atomic mass is 10.1. The van der Waals surface area contributed by atoms with Crippen molar-refractivity contribution in [1.29, 1.82) is 0 Å². The Morgan fingerprint density at radius 2 is 2.15 bits per heavy atom. The van der Waals surface area contributed by atoms with Crippen molar-refractivity contribution in [3.8, 4) is 0 Å². The van der Waals surface area contributed by atoms with Crippen LogP contribution in [0.3, 0.4) is 0 Å². The molecule has 0 aliphatic carbocycles. The van der Waals surface area contributed by atoms with Gasteiger partial charge < -0.3 is 10.0 Å². The van der Waals surface area contributed by atoms with Crippen LogP contribution >= 0.6 is 11.6 Å². The highest BCUT2D eigenvalue weighted by atomic mass is 35.5. The Hall–Kier alpha value is -2.14. The van der Waals surface area contributed by atoms with E-state index in [0.29, 0.717) is 11.0 Å². The molecule has 0 bridgehead atoms. The second kappa shape index (κ2) is 5.88. The summed E-state index contributed by atoms with van der Waals surface area (Å²) in [6, 6.07) is 8.83. The number of aromatic carboxylic acids is 1. The Labute approximate surface area is 121 Å². The van der Waals surface area contributed by atoms with Crippen LogP contribution in [0.2, 0.25) is 5.02 Å². The highest BCUT2D eigenvalue weighted by molar-refractivity contribution is 6.30. The van der Waals surface area contributed by atoms with Crippen LogP contribution in [0.4, 0.5) is 5.95 Å². The maximum absolute atomic E-state index is 10.9. The van der Waals surface area contributed by atoms with Crippen LogP contribution in [0.25, 0.3) is 0 Å². The van der Waals surface area contributed by atoms with Crippen molar-refractivity contribution >= 4 is 23.5 Å². The third kappa shape index (κ3) is 3.05. The molecule has 6 heteroatoms. The number of halogens is 1. The second-order valence-corrected chi connectivity index (χ2v) is 4.83. The zero-order valence-electron chi connectivity index (χ0n) is 11.1. The third-order valence-corrected chi connectivity index (χ3v) is 3.32. The van der Waals surface area contributed by atoms with Gasteiger partial charge in [-0.25, -0.2) is 14.8 Å². The van der Waals surface area contributed by atoms with Gasteiger partial charge in [0, 0.05) is 18.3 Å². The quantitative estimate of drug-likeness (QED) is 0.938. The summed E-state index contributed by atoms with van der Waals surface area (Å²) >= 11 is 5.98. The monoisotopic (exact) mass is 291 g/mol. The van der Waals surface area contributed by atoms with Crippen molar-refractivity contribution in [3.05, 3.63) is 52.8 Å². The summed E-state index contributed by atoms with van der Waals surface area (Å²) < 4.78 is 0. The maximum atomic E-state index is 10.9. The molecule has 0 radical (unpaired) electrons. The zero-order valence-corrected chi connectivity index (χ0v) is 11.9. The van der Waals surface area contributed by atoms with Gasteiger partial charge in [-0.05, 0) is 30.7 Å². The molecule has 0 saturated carbocycles. The predicted molar refractivity (Wildman–Crippen MR) is 77.3 cm³/mol. The molecule has 5 nitrogen and oxygen atoms in total. The van der Waals surface area contributed by atoms with Gasteiger partial charge in [-0.3, -0.25) is 0 Å². The zero-order chi connectivity index (χ0) is 14.7. The molecule has 2 rings (SSSR count). The van der Waals surface area contributed by atoms with Gasteiger partial charge in [-0.2, -0.15) is 0 Å². The minimum Gasteiger partial charge on any atom is -0.477 e. The van der Waals surface area contributed by atoms with Crippen molar-refractivity contribution in [2.24, 2.45) is 0 Å². The first-order chi connectivity index (χ1) is 9.49. The summed E-state index contributed by atoms with van der Waals surface area (Å²) in [5.74, 6) is -0.713. The normalized spacial score (nSPS) is 11.9. The molecule has 1 atom stereocenters. The van der Waals surface area contributed by atoms with E-state index < -0.39 is 5.97 Å². The van der Waals surface area contributed by atoms with Crippen molar-refractivity contribution in [2.75, 3.05) is 11.9 Å². The minimum absolute atomic E-state index is 0.0276. The molecule has 20 heavy (non-hydrogen) atoms. The summed E-state index contributed by atoms with van der Waals surface area (Å²) in [7, 11) is 1.81. The van der Waals surface area contributed by atoms with Gasteiger partial charge in [-0.1, -0.05) is 23.7 Å². The van der Waals surface area contributed by atoms with Crippen LogP contribution in [-0.2, 0) is 0 Å². The molecule has 0 spiro atoms. The largest absolute Gasteiger partial charge is 0.477 e. The fraction of sp³-hybridized carbons (Fsp3) is 0.214. The molecule has 0 saturated heterocycles. The van der Waals surface area contributed by atoms with Crippen LogP contribution in [-0.4, -0.2) is 28.1 Å². The molecular formula is C14H14ClN3O2. The molecule has 0 aliphatic rings. The smallest absolute Gasteiger partial charge is 0.354 e. The predicted octanol–water partition coefficient (Wildman–Crippen LogP) is 3.03. The number of carboxylic acids is 1. The summed E-state index contributed by atoms with van der Waals surface area (Å²) in [6.07, 6.45) is 1.44. The van der Waals surface area contributed by atoms with Crippen molar-refractivity contribution < 1.29 is 9.90 Å². The van der Waals surface area contributed by atoms with Crippen molar-refractivity contribution in [2.45, 2.75) is 13.0 Å². The lowest BCUT2D eigenvalue weighted by Gasteiger charge is -2.25. The number of hydrogen-bond donors (Lipinski definition) is 1. The first-order valence-electron chi connectivity index (χ1n) is 6.03. The molecule has 1 N–H and O–H groups in total.